The van der Waals surface area contributed by atoms with Crippen LogP contribution in [0.25, 0.3) is 0 Å². The zero-order valence-electron chi connectivity index (χ0n) is 11.4. The van der Waals surface area contributed by atoms with Crippen LogP contribution in [0.5, 0.6) is 0 Å². The molecule has 1 saturated heterocycles. The molecule has 20 heavy (non-hydrogen) atoms. The predicted molar refractivity (Wildman–Crippen MR) is 75.3 cm³/mol. The number of carboxylic acids is 1. The van der Waals surface area contributed by atoms with E-state index in [-0.39, 0.29) is 11.3 Å². The summed E-state index contributed by atoms with van der Waals surface area (Å²) < 4.78 is 0. The van der Waals surface area contributed by atoms with Gasteiger partial charge in [-0.3, -0.25) is 10.1 Å². The lowest BCUT2D eigenvalue weighted by atomic mass is 10.1. The lowest BCUT2D eigenvalue weighted by molar-refractivity contribution is -0.385. The Hall–Kier alpha value is -2.11. The molecule has 0 bridgehead atoms. The van der Waals surface area contributed by atoms with Crippen molar-refractivity contribution in [3.05, 3.63) is 33.9 Å². The molecule has 1 unspecified atom stereocenters. The highest BCUT2D eigenvalue weighted by Crippen LogP contribution is 2.29. The number of anilines is 1. The van der Waals surface area contributed by atoms with Crippen molar-refractivity contribution in [1.82, 2.24) is 0 Å². The van der Waals surface area contributed by atoms with Crippen LogP contribution < -0.4 is 4.90 Å². The molecule has 2 rings (SSSR count). The predicted octanol–water partition coefficient (Wildman–Crippen LogP) is 3.06. The molecule has 1 N–H and O–H groups in total. The fourth-order valence-corrected chi connectivity index (χ4v) is 2.69. The molecule has 0 aromatic heterocycles. The molecular weight excluding hydrogens is 260 g/mol. The van der Waals surface area contributed by atoms with Crippen molar-refractivity contribution in [3.63, 3.8) is 0 Å². The first kappa shape index (κ1) is 14.3. The van der Waals surface area contributed by atoms with Gasteiger partial charge in [0.25, 0.3) is 5.69 Å². The first-order valence-electron chi connectivity index (χ1n) is 6.79. The summed E-state index contributed by atoms with van der Waals surface area (Å²) in [5.74, 6) is -1.27. The Balaban J connectivity index is 2.39. The maximum atomic E-state index is 11.0. The highest BCUT2D eigenvalue weighted by Gasteiger charge is 2.24. The average molecular weight is 278 g/mol. The quantitative estimate of drug-likeness (QED) is 0.678. The van der Waals surface area contributed by atoms with Gasteiger partial charge in [-0.15, -0.1) is 0 Å². The van der Waals surface area contributed by atoms with Gasteiger partial charge in [0.15, 0.2) is 0 Å². The van der Waals surface area contributed by atoms with Gasteiger partial charge in [-0.25, -0.2) is 4.79 Å². The standard InChI is InChI=1S/C14H18N2O4/c1-10-5-3-2-4-8-15(10)11-6-7-12(14(17)18)13(9-11)16(19)20/h6-7,9-10H,2-5,8H2,1H3,(H,17,18). The minimum absolute atomic E-state index is 0.263. The molecule has 6 nitrogen and oxygen atoms in total. The second-order valence-corrected chi connectivity index (χ2v) is 5.16. The molecule has 108 valence electrons. The fourth-order valence-electron chi connectivity index (χ4n) is 2.69. The number of nitrogens with zero attached hydrogens (tertiary/aromatic N) is 2. The van der Waals surface area contributed by atoms with Gasteiger partial charge >= 0.3 is 5.97 Å². The van der Waals surface area contributed by atoms with Gasteiger partial charge in [-0.2, -0.15) is 0 Å². The maximum absolute atomic E-state index is 11.0. The van der Waals surface area contributed by atoms with Crippen LogP contribution in [0.2, 0.25) is 0 Å². The summed E-state index contributed by atoms with van der Waals surface area (Å²) in [4.78, 5) is 23.6. The van der Waals surface area contributed by atoms with Gasteiger partial charge < -0.3 is 10.0 Å². The minimum Gasteiger partial charge on any atom is -0.477 e. The van der Waals surface area contributed by atoms with Crippen molar-refractivity contribution >= 4 is 17.3 Å². The SMILES string of the molecule is CC1CCCCCN1c1ccc(C(=O)O)c([N+](=O)[O-])c1. The number of carbonyl (C=O) groups is 1. The third-order valence-corrected chi connectivity index (χ3v) is 3.79. The van der Waals surface area contributed by atoms with Crippen molar-refractivity contribution in [2.24, 2.45) is 0 Å². The molecule has 0 spiro atoms. The summed E-state index contributed by atoms with van der Waals surface area (Å²) in [5, 5.41) is 20.0. The molecule has 0 aliphatic carbocycles. The number of benzene rings is 1. The van der Waals surface area contributed by atoms with Gasteiger partial charge in [0.05, 0.1) is 4.92 Å². The van der Waals surface area contributed by atoms with E-state index in [1.807, 2.05) is 0 Å². The minimum atomic E-state index is -1.27. The van der Waals surface area contributed by atoms with Crippen LogP contribution in [0.4, 0.5) is 11.4 Å². The number of nitro benzene ring substituents is 1. The molecule has 1 fully saturated rings. The van der Waals surface area contributed by atoms with Gasteiger partial charge in [-0.05, 0) is 31.9 Å². The van der Waals surface area contributed by atoms with Crippen molar-refractivity contribution < 1.29 is 14.8 Å². The van der Waals surface area contributed by atoms with Crippen LogP contribution in [0.3, 0.4) is 0 Å². The maximum Gasteiger partial charge on any atom is 0.342 e. The topological polar surface area (TPSA) is 83.7 Å². The van der Waals surface area contributed by atoms with Crippen LogP contribution in [0, 0.1) is 10.1 Å². The Morgan fingerprint density at radius 2 is 2.15 bits per heavy atom. The molecule has 1 aliphatic rings. The number of nitro groups is 1. The van der Waals surface area contributed by atoms with E-state index in [0.29, 0.717) is 6.04 Å². The van der Waals surface area contributed by atoms with Gasteiger partial charge in [0.1, 0.15) is 5.56 Å². The smallest absolute Gasteiger partial charge is 0.342 e. The summed E-state index contributed by atoms with van der Waals surface area (Å²) in [6, 6.07) is 4.68. The summed E-state index contributed by atoms with van der Waals surface area (Å²) in [5.41, 5.74) is 0.128. The van der Waals surface area contributed by atoms with Gasteiger partial charge in [0.2, 0.25) is 0 Å². The second kappa shape index (κ2) is 5.90. The molecule has 1 heterocycles. The Morgan fingerprint density at radius 1 is 1.40 bits per heavy atom. The number of hydrogen-bond acceptors (Lipinski definition) is 4. The molecule has 0 radical (unpaired) electrons. The first-order valence-corrected chi connectivity index (χ1v) is 6.79. The molecule has 0 saturated carbocycles. The van der Waals surface area contributed by atoms with Crippen LogP contribution in [-0.2, 0) is 0 Å². The lowest BCUT2D eigenvalue weighted by Crippen LogP contribution is -2.32. The van der Waals surface area contributed by atoms with E-state index in [9.17, 15) is 14.9 Å². The third kappa shape index (κ3) is 2.89. The highest BCUT2D eigenvalue weighted by atomic mass is 16.6. The number of rotatable bonds is 3. The van der Waals surface area contributed by atoms with Crippen molar-refractivity contribution in [1.29, 1.82) is 0 Å². The van der Waals surface area contributed by atoms with E-state index >= 15 is 0 Å². The molecule has 1 atom stereocenters. The molecule has 6 heteroatoms. The van der Waals surface area contributed by atoms with Crippen molar-refractivity contribution in [2.45, 2.75) is 38.6 Å². The van der Waals surface area contributed by atoms with E-state index in [4.69, 9.17) is 5.11 Å². The van der Waals surface area contributed by atoms with Crippen LogP contribution >= 0.6 is 0 Å². The zero-order chi connectivity index (χ0) is 14.7. The fraction of sp³-hybridized carbons (Fsp3) is 0.500. The largest absolute Gasteiger partial charge is 0.477 e. The molecule has 1 aromatic carbocycles. The molecule has 0 amide bonds. The number of carboxylic acid groups (broad SMARTS) is 1. The van der Waals surface area contributed by atoms with E-state index in [0.717, 1.165) is 37.9 Å². The van der Waals surface area contributed by atoms with E-state index in [2.05, 4.69) is 11.8 Å². The monoisotopic (exact) mass is 278 g/mol. The third-order valence-electron chi connectivity index (χ3n) is 3.79. The highest BCUT2D eigenvalue weighted by molar-refractivity contribution is 5.93. The van der Waals surface area contributed by atoms with E-state index < -0.39 is 10.9 Å². The summed E-state index contributed by atoms with van der Waals surface area (Å²) in [6.45, 7) is 2.95. The molecule has 1 aromatic rings. The first-order chi connectivity index (χ1) is 9.50. The van der Waals surface area contributed by atoms with Crippen molar-refractivity contribution in [3.8, 4) is 0 Å². The zero-order valence-corrected chi connectivity index (χ0v) is 11.4. The van der Waals surface area contributed by atoms with E-state index in [1.165, 1.54) is 12.1 Å². The second-order valence-electron chi connectivity index (χ2n) is 5.16. The van der Waals surface area contributed by atoms with Crippen LogP contribution in [0.1, 0.15) is 43.0 Å². The summed E-state index contributed by atoms with van der Waals surface area (Å²) in [7, 11) is 0. The Morgan fingerprint density at radius 3 is 2.80 bits per heavy atom. The lowest BCUT2D eigenvalue weighted by Gasteiger charge is -2.29. The molecule has 1 aliphatic heterocycles. The summed E-state index contributed by atoms with van der Waals surface area (Å²) in [6.07, 6.45) is 4.43. The average Bonchev–Trinajstić information content (AvgIpc) is 2.62. The Bertz CT molecular complexity index is 530. The summed E-state index contributed by atoms with van der Waals surface area (Å²) >= 11 is 0. The Kier molecular flexibility index (Phi) is 4.22. The molecular formula is C14H18N2O4. The van der Waals surface area contributed by atoms with Gasteiger partial charge in [0, 0.05) is 24.3 Å². The van der Waals surface area contributed by atoms with Crippen LogP contribution in [-0.4, -0.2) is 28.6 Å². The van der Waals surface area contributed by atoms with Crippen molar-refractivity contribution in [2.75, 3.05) is 11.4 Å². The van der Waals surface area contributed by atoms with Crippen LogP contribution in [0.15, 0.2) is 18.2 Å². The number of hydrogen-bond donors (Lipinski definition) is 1. The van der Waals surface area contributed by atoms with E-state index in [1.54, 1.807) is 6.07 Å². The number of aromatic carboxylic acids is 1. The Labute approximate surface area is 117 Å². The normalized spacial score (nSPS) is 19.4. The van der Waals surface area contributed by atoms with Gasteiger partial charge in [-0.1, -0.05) is 12.8 Å².